The molecule has 3 rings (SSSR count). The van der Waals surface area contributed by atoms with Gasteiger partial charge in [-0.2, -0.15) is 0 Å². The molecule has 1 saturated heterocycles. The molecule has 1 N–H and O–H groups in total. The number of amides is 1. The summed E-state index contributed by atoms with van der Waals surface area (Å²) in [7, 11) is 3.88. The molecule has 0 radical (unpaired) electrons. The summed E-state index contributed by atoms with van der Waals surface area (Å²) < 4.78 is 5.65. The van der Waals surface area contributed by atoms with Crippen LogP contribution >= 0.6 is 23.2 Å². The molecule has 1 fully saturated rings. The van der Waals surface area contributed by atoms with Crippen LogP contribution < -0.4 is 4.74 Å². The van der Waals surface area contributed by atoms with Crippen LogP contribution in [0.2, 0.25) is 10.0 Å². The van der Waals surface area contributed by atoms with Crippen molar-refractivity contribution in [2.75, 3.05) is 27.2 Å². The van der Waals surface area contributed by atoms with Gasteiger partial charge >= 0.3 is 0 Å². The van der Waals surface area contributed by atoms with Gasteiger partial charge in [-0.15, -0.1) is 0 Å². The Morgan fingerprint density at radius 2 is 1.76 bits per heavy atom. The number of Topliss-reactive ketones (excluding diaryl/α,β-unsaturated/α-hetero) is 1. The first kappa shape index (κ1) is 25.1. The average Bonchev–Trinajstić information content (AvgIpc) is 3.00. The zero-order valence-electron chi connectivity index (χ0n) is 19.1. The average molecular weight is 491 g/mol. The summed E-state index contributed by atoms with van der Waals surface area (Å²) in [4.78, 5) is 29.5. The van der Waals surface area contributed by atoms with E-state index in [1.807, 2.05) is 32.8 Å². The largest absolute Gasteiger partial charge is 0.507 e. The molecule has 1 aliphatic heterocycles. The van der Waals surface area contributed by atoms with Gasteiger partial charge in [0.25, 0.3) is 11.7 Å². The number of ketones is 1. The summed E-state index contributed by atoms with van der Waals surface area (Å²) in [6.45, 7) is 4.94. The number of ether oxygens (including phenoxy) is 1. The summed E-state index contributed by atoms with van der Waals surface area (Å²) in [6, 6.07) is 11.0. The number of rotatable bonds is 8. The first-order chi connectivity index (χ1) is 15.6. The second-order valence-electron chi connectivity index (χ2n) is 8.51. The van der Waals surface area contributed by atoms with Crippen LogP contribution in [0.1, 0.15) is 37.4 Å². The molecule has 0 aromatic heterocycles. The normalized spacial score (nSPS) is 17.9. The predicted octanol–water partition coefficient (Wildman–Crippen LogP) is 5.15. The molecule has 0 saturated carbocycles. The van der Waals surface area contributed by atoms with Gasteiger partial charge in [0.1, 0.15) is 11.5 Å². The maximum Gasteiger partial charge on any atom is 0.295 e. The Morgan fingerprint density at radius 3 is 2.33 bits per heavy atom. The highest BCUT2D eigenvalue weighted by Gasteiger charge is 2.45. The topological polar surface area (TPSA) is 70.1 Å². The number of carbonyl (C=O) groups excluding carboxylic acids is 2. The van der Waals surface area contributed by atoms with E-state index in [0.29, 0.717) is 39.9 Å². The molecule has 0 aliphatic carbocycles. The summed E-state index contributed by atoms with van der Waals surface area (Å²) in [5.74, 6) is -0.968. The Balaban J connectivity index is 2.06. The Labute approximate surface area is 204 Å². The van der Waals surface area contributed by atoms with Crippen molar-refractivity contribution in [2.45, 2.75) is 32.4 Å². The fraction of sp³-hybridized carbons (Fsp3) is 0.360. The Hall–Kier alpha value is -2.54. The number of hydrogen-bond donors (Lipinski definition) is 1. The van der Waals surface area contributed by atoms with E-state index in [9.17, 15) is 14.7 Å². The van der Waals surface area contributed by atoms with Crippen molar-refractivity contribution in [1.82, 2.24) is 9.80 Å². The van der Waals surface area contributed by atoms with Crippen molar-refractivity contribution in [3.63, 3.8) is 0 Å². The van der Waals surface area contributed by atoms with Crippen molar-refractivity contribution >= 4 is 40.7 Å². The number of benzene rings is 2. The lowest BCUT2D eigenvalue weighted by molar-refractivity contribution is -0.139. The quantitative estimate of drug-likeness (QED) is 0.314. The molecule has 0 spiro atoms. The molecule has 1 unspecified atom stereocenters. The summed E-state index contributed by atoms with van der Waals surface area (Å²) in [5.41, 5.74) is 1.05. The van der Waals surface area contributed by atoms with Gasteiger partial charge in [0.2, 0.25) is 0 Å². The molecule has 1 amide bonds. The molecule has 33 heavy (non-hydrogen) atoms. The van der Waals surface area contributed by atoms with E-state index in [2.05, 4.69) is 0 Å². The lowest BCUT2D eigenvalue weighted by Gasteiger charge is -2.26. The second kappa shape index (κ2) is 10.6. The molecule has 0 bridgehead atoms. The van der Waals surface area contributed by atoms with E-state index < -0.39 is 17.7 Å². The molecule has 2 aromatic rings. The molecule has 8 heteroatoms. The molecule has 1 aliphatic rings. The minimum atomic E-state index is -0.770. The summed E-state index contributed by atoms with van der Waals surface area (Å²) in [5, 5.41) is 11.8. The van der Waals surface area contributed by atoms with Crippen molar-refractivity contribution in [2.24, 2.45) is 0 Å². The van der Waals surface area contributed by atoms with Crippen LogP contribution in [0.5, 0.6) is 5.75 Å². The van der Waals surface area contributed by atoms with Crippen molar-refractivity contribution in [3.05, 3.63) is 69.2 Å². The predicted molar refractivity (Wildman–Crippen MR) is 131 cm³/mol. The zero-order valence-corrected chi connectivity index (χ0v) is 20.7. The summed E-state index contributed by atoms with van der Waals surface area (Å²) >= 11 is 12.3. The number of aliphatic hydroxyl groups is 1. The van der Waals surface area contributed by atoms with Crippen molar-refractivity contribution < 1.29 is 19.4 Å². The fourth-order valence-electron chi connectivity index (χ4n) is 3.82. The van der Waals surface area contributed by atoms with Crippen LogP contribution in [0, 0.1) is 0 Å². The number of hydrogen-bond acceptors (Lipinski definition) is 5. The van der Waals surface area contributed by atoms with Crippen LogP contribution in [-0.4, -0.2) is 59.9 Å². The van der Waals surface area contributed by atoms with E-state index in [-0.39, 0.29) is 17.4 Å². The highest BCUT2D eigenvalue weighted by Crippen LogP contribution is 2.41. The molecule has 1 heterocycles. The number of aliphatic hydroxyl groups excluding tert-OH is 1. The van der Waals surface area contributed by atoms with E-state index in [4.69, 9.17) is 27.9 Å². The van der Waals surface area contributed by atoms with Gasteiger partial charge in [-0.25, -0.2) is 0 Å². The van der Waals surface area contributed by atoms with Gasteiger partial charge in [0.15, 0.2) is 0 Å². The number of nitrogens with zero attached hydrogens (tertiary/aromatic N) is 2. The van der Waals surface area contributed by atoms with Crippen LogP contribution in [0.15, 0.2) is 48.0 Å². The molecular weight excluding hydrogens is 463 g/mol. The minimum Gasteiger partial charge on any atom is -0.507 e. The van der Waals surface area contributed by atoms with E-state index in [0.717, 1.165) is 6.54 Å². The number of carbonyl (C=O) groups is 2. The smallest absolute Gasteiger partial charge is 0.295 e. The van der Waals surface area contributed by atoms with Gasteiger partial charge in [-0.05, 0) is 82.9 Å². The fourth-order valence-corrected chi connectivity index (χ4v) is 4.12. The standard InChI is InChI=1S/C25H28Cl2N2O4/c1-15(2)33-18-9-6-16(7-10-18)23(30)21-22(17-8-11-19(26)20(27)14-17)29(25(32)24(21)31)13-5-12-28(3)4/h6-11,14-15,22,30H,5,12-13H2,1-4H3/b23-21-. The van der Waals surface area contributed by atoms with Gasteiger partial charge in [-0.3, -0.25) is 9.59 Å². The molecular formula is C25H28Cl2N2O4. The monoisotopic (exact) mass is 490 g/mol. The van der Waals surface area contributed by atoms with Crippen LogP contribution in [0.25, 0.3) is 5.76 Å². The van der Waals surface area contributed by atoms with Gasteiger partial charge in [0.05, 0.1) is 27.8 Å². The minimum absolute atomic E-state index is 0.00610. The second-order valence-corrected chi connectivity index (χ2v) is 9.33. The van der Waals surface area contributed by atoms with Crippen molar-refractivity contribution in [1.29, 1.82) is 0 Å². The van der Waals surface area contributed by atoms with Gasteiger partial charge in [0, 0.05) is 12.1 Å². The third-order valence-corrected chi connectivity index (χ3v) is 6.04. The molecule has 6 nitrogen and oxygen atoms in total. The zero-order chi connectivity index (χ0) is 24.3. The SMILES string of the molecule is CC(C)Oc1ccc(/C(O)=C2/C(=O)C(=O)N(CCCN(C)C)C2c2ccc(Cl)c(Cl)c2)cc1. The van der Waals surface area contributed by atoms with Crippen LogP contribution in [-0.2, 0) is 9.59 Å². The van der Waals surface area contributed by atoms with Crippen molar-refractivity contribution in [3.8, 4) is 5.75 Å². The van der Waals surface area contributed by atoms with Crippen LogP contribution in [0.3, 0.4) is 0 Å². The molecule has 176 valence electrons. The molecule has 2 aromatic carbocycles. The highest BCUT2D eigenvalue weighted by molar-refractivity contribution is 6.46. The molecule has 1 atom stereocenters. The Bertz CT molecular complexity index is 1060. The Kier molecular flexibility index (Phi) is 8.05. The third-order valence-electron chi connectivity index (χ3n) is 5.30. The number of likely N-dealkylation sites (tertiary alicyclic amines) is 1. The van der Waals surface area contributed by atoms with E-state index >= 15 is 0 Å². The first-order valence-corrected chi connectivity index (χ1v) is 11.5. The maximum atomic E-state index is 13.1. The maximum absolute atomic E-state index is 13.1. The van der Waals surface area contributed by atoms with E-state index in [1.165, 1.54) is 4.90 Å². The van der Waals surface area contributed by atoms with E-state index in [1.54, 1.807) is 42.5 Å². The Morgan fingerprint density at radius 1 is 1.09 bits per heavy atom. The summed E-state index contributed by atoms with van der Waals surface area (Å²) in [6.07, 6.45) is 0.672. The lowest BCUT2D eigenvalue weighted by Crippen LogP contribution is -2.32. The number of halogens is 2. The highest BCUT2D eigenvalue weighted by atomic mass is 35.5. The third kappa shape index (κ3) is 5.69. The van der Waals surface area contributed by atoms with Crippen LogP contribution in [0.4, 0.5) is 0 Å². The lowest BCUT2D eigenvalue weighted by atomic mass is 9.95. The first-order valence-electron chi connectivity index (χ1n) is 10.7. The van der Waals surface area contributed by atoms with Gasteiger partial charge in [-0.1, -0.05) is 29.3 Å². The van der Waals surface area contributed by atoms with Gasteiger partial charge < -0.3 is 19.6 Å².